The molecule has 0 amide bonds. The van der Waals surface area contributed by atoms with Gasteiger partial charge < -0.3 is 4.90 Å². The minimum Gasteiger partial charge on any atom is -0.301 e. The van der Waals surface area contributed by atoms with E-state index in [1.165, 1.54) is 25.9 Å². The van der Waals surface area contributed by atoms with Gasteiger partial charge in [0.25, 0.3) is 0 Å². The van der Waals surface area contributed by atoms with Crippen molar-refractivity contribution < 1.29 is 0 Å². The van der Waals surface area contributed by atoms with Crippen molar-refractivity contribution in [3.63, 3.8) is 0 Å². The van der Waals surface area contributed by atoms with Crippen LogP contribution in [0.15, 0.2) is 0 Å². The number of fused-ring (bicyclic) bond motifs is 3. The lowest BCUT2D eigenvalue weighted by Crippen LogP contribution is -2.53. The first-order valence-corrected chi connectivity index (χ1v) is 4.75. The Bertz CT molecular complexity index is 139. The van der Waals surface area contributed by atoms with Gasteiger partial charge in [-0.3, -0.25) is 0 Å². The quantitative estimate of drug-likeness (QED) is 0.414. The zero-order valence-electron chi connectivity index (χ0n) is 5.95. The zero-order chi connectivity index (χ0) is 7.19. The largest absolute Gasteiger partial charge is 0.301 e. The van der Waals surface area contributed by atoms with Crippen LogP contribution in [-0.4, -0.2) is 28.6 Å². The van der Waals surface area contributed by atoms with E-state index in [-0.39, 0.29) is 4.08 Å². The molecule has 0 atom stereocenters. The molecule has 0 saturated carbocycles. The molecule has 3 rings (SSSR count). The maximum absolute atomic E-state index is 4.55. The highest BCUT2D eigenvalue weighted by atomic mass is 32.2. The second-order valence-corrected chi connectivity index (χ2v) is 5.38. The highest BCUT2D eigenvalue weighted by Gasteiger charge is 2.41. The predicted molar refractivity (Wildman–Crippen MR) is 49.9 cm³/mol. The molecule has 3 fully saturated rings. The molecule has 0 spiro atoms. The van der Waals surface area contributed by atoms with E-state index in [1.807, 2.05) is 0 Å². The van der Waals surface area contributed by atoms with Crippen LogP contribution in [0.1, 0.15) is 12.8 Å². The summed E-state index contributed by atoms with van der Waals surface area (Å²) in [4.78, 5) is 2.46. The zero-order valence-corrected chi connectivity index (χ0v) is 7.74. The monoisotopic (exact) mass is 175 g/mol. The molecule has 0 aromatic heterocycles. The number of rotatable bonds is 0. The molecule has 0 aromatic carbocycles. The van der Waals surface area contributed by atoms with Gasteiger partial charge in [-0.15, -0.1) is 0 Å². The number of hydrogen-bond acceptors (Lipinski definition) is 3. The van der Waals surface area contributed by atoms with Crippen LogP contribution in [0.2, 0.25) is 0 Å². The highest BCUT2D eigenvalue weighted by molar-refractivity contribution is 8.00. The Morgan fingerprint density at radius 1 is 1.20 bits per heavy atom. The molecule has 58 valence electrons. The van der Waals surface area contributed by atoms with E-state index in [0.29, 0.717) is 0 Å². The molecule has 3 aliphatic rings. The molecule has 1 nitrogen and oxygen atoms in total. The Kier molecular flexibility index (Phi) is 1.70. The van der Waals surface area contributed by atoms with Crippen molar-refractivity contribution in [3.8, 4) is 0 Å². The average Bonchev–Trinajstić information content (AvgIpc) is 1.87. The van der Waals surface area contributed by atoms with Crippen LogP contribution in [0.25, 0.3) is 0 Å². The molecule has 3 heterocycles. The fraction of sp³-hybridized carbons (Fsp3) is 1.00. The fourth-order valence-electron chi connectivity index (χ4n) is 2.01. The van der Waals surface area contributed by atoms with Gasteiger partial charge in [0.05, 0.1) is 4.08 Å². The van der Waals surface area contributed by atoms with Gasteiger partial charge in [-0.1, -0.05) is 0 Å². The van der Waals surface area contributed by atoms with Crippen molar-refractivity contribution in [3.05, 3.63) is 0 Å². The van der Waals surface area contributed by atoms with Gasteiger partial charge in [0.1, 0.15) is 0 Å². The SMILES string of the molecule is SC1(S)CN2CCC1CC2. The number of piperidine rings is 3. The molecule has 0 aliphatic carbocycles. The standard InChI is InChI=1S/C7H13NS2/c9-7(10)5-8-3-1-6(7)2-4-8/h6,9-10H,1-5H2. The average molecular weight is 175 g/mol. The van der Waals surface area contributed by atoms with E-state index >= 15 is 0 Å². The predicted octanol–water partition coefficient (Wildman–Crippen LogP) is 1.27. The van der Waals surface area contributed by atoms with Crippen LogP contribution in [0, 0.1) is 5.92 Å². The molecule has 0 unspecified atom stereocenters. The molecule has 3 saturated heterocycles. The fourth-order valence-corrected chi connectivity index (χ4v) is 2.93. The highest BCUT2D eigenvalue weighted by Crippen LogP contribution is 2.42. The molecule has 2 bridgehead atoms. The molecule has 10 heavy (non-hydrogen) atoms. The first-order chi connectivity index (χ1) is 4.68. The summed E-state index contributed by atoms with van der Waals surface area (Å²) in [5, 5.41) is 0. The van der Waals surface area contributed by atoms with Crippen LogP contribution >= 0.6 is 25.3 Å². The van der Waals surface area contributed by atoms with Crippen LogP contribution in [0.3, 0.4) is 0 Å². The smallest absolute Gasteiger partial charge is 0.0707 e. The lowest BCUT2D eigenvalue weighted by molar-refractivity contribution is 0.108. The van der Waals surface area contributed by atoms with E-state index in [4.69, 9.17) is 0 Å². The topological polar surface area (TPSA) is 3.24 Å². The van der Waals surface area contributed by atoms with Crippen molar-refractivity contribution in [1.82, 2.24) is 4.90 Å². The number of nitrogens with zero attached hydrogens (tertiary/aromatic N) is 1. The van der Waals surface area contributed by atoms with Gasteiger partial charge in [0.15, 0.2) is 0 Å². The Hall–Kier alpha value is 0.660. The van der Waals surface area contributed by atoms with E-state index < -0.39 is 0 Å². The summed E-state index contributed by atoms with van der Waals surface area (Å²) < 4.78 is 0.0104. The third-order valence-electron chi connectivity index (χ3n) is 2.70. The van der Waals surface area contributed by atoms with Crippen molar-refractivity contribution in [1.29, 1.82) is 0 Å². The Morgan fingerprint density at radius 2 is 1.80 bits per heavy atom. The summed E-state index contributed by atoms with van der Waals surface area (Å²) in [7, 11) is 0. The van der Waals surface area contributed by atoms with Gasteiger partial charge in [-0.2, -0.15) is 25.3 Å². The first kappa shape index (κ1) is 7.32. The van der Waals surface area contributed by atoms with Gasteiger partial charge in [-0.05, 0) is 31.8 Å². The molecule has 3 heteroatoms. The third-order valence-corrected chi connectivity index (χ3v) is 3.71. The first-order valence-electron chi connectivity index (χ1n) is 3.85. The summed E-state index contributed by atoms with van der Waals surface area (Å²) in [6.07, 6.45) is 2.60. The summed E-state index contributed by atoms with van der Waals surface area (Å²) in [6.45, 7) is 3.62. The van der Waals surface area contributed by atoms with E-state index in [0.717, 1.165) is 12.5 Å². The molecule has 0 aromatic rings. The maximum atomic E-state index is 4.55. The van der Waals surface area contributed by atoms with Crippen molar-refractivity contribution in [2.75, 3.05) is 19.6 Å². The van der Waals surface area contributed by atoms with Crippen LogP contribution in [0.4, 0.5) is 0 Å². The minimum atomic E-state index is 0.0104. The Morgan fingerprint density at radius 3 is 2.00 bits per heavy atom. The van der Waals surface area contributed by atoms with Crippen molar-refractivity contribution >= 4 is 25.3 Å². The van der Waals surface area contributed by atoms with Crippen LogP contribution in [-0.2, 0) is 0 Å². The Labute approximate surface area is 73.0 Å². The summed E-state index contributed by atoms with van der Waals surface area (Å²) in [6, 6.07) is 0. The maximum Gasteiger partial charge on any atom is 0.0707 e. The normalized spacial score (nSPS) is 43.8. The second-order valence-electron chi connectivity index (χ2n) is 3.43. The molecule has 3 aliphatic heterocycles. The molecular weight excluding hydrogens is 162 g/mol. The van der Waals surface area contributed by atoms with Gasteiger partial charge >= 0.3 is 0 Å². The lowest BCUT2D eigenvalue weighted by Gasteiger charge is -2.48. The Balaban J connectivity index is 2.15. The summed E-state index contributed by atoms with van der Waals surface area (Å²) in [5.41, 5.74) is 0. The van der Waals surface area contributed by atoms with Crippen molar-refractivity contribution in [2.45, 2.75) is 16.9 Å². The van der Waals surface area contributed by atoms with Gasteiger partial charge in [0, 0.05) is 6.54 Å². The van der Waals surface area contributed by atoms with Gasteiger partial charge in [-0.25, -0.2) is 0 Å². The number of thiol groups is 2. The minimum absolute atomic E-state index is 0.0104. The van der Waals surface area contributed by atoms with Gasteiger partial charge in [0.2, 0.25) is 0 Å². The molecule has 0 radical (unpaired) electrons. The number of hydrogen-bond donors (Lipinski definition) is 2. The van der Waals surface area contributed by atoms with Crippen molar-refractivity contribution in [2.24, 2.45) is 5.92 Å². The third kappa shape index (κ3) is 1.08. The van der Waals surface area contributed by atoms with E-state index in [9.17, 15) is 0 Å². The lowest BCUT2D eigenvalue weighted by atomic mass is 9.87. The van der Waals surface area contributed by atoms with E-state index in [1.54, 1.807) is 0 Å². The summed E-state index contributed by atoms with van der Waals surface area (Å²) >= 11 is 9.09. The molecular formula is C7H13NS2. The van der Waals surface area contributed by atoms with Crippen LogP contribution in [0.5, 0.6) is 0 Å². The second kappa shape index (κ2) is 2.32. The summed E-state index contributed by atoms with van der Waals surface area (Å²) in [5.74, 6) is 0.754. The van der Waals surface area contributed by atoms with E-state index in [2.05, 4.69) is 30.2 Å². The van der Waals surface area contributed by atoms with Crippen LogP contribution < -0.4 is 0 Å². The molecule has 0 N–H and O–H groups in total.